The minimum atomic E-state index is -3.86. The van der Waals surface area contributed by atoms with Crippen LogP contribution < -0.4 is 5.14 Å². The lowest BCUT2D eigenvalue weighted by atomic mass is 10.1. The summed E-state index contributed by atoms with van der Waals surface area (Å²) in [6.45, 7) is 2.76. The van der Waals surface area contributed by atoms with Gasteiger partial charge in [-0.1, -0.05) is 13.0 Å². The molecular weight excluding hydrogens is 282 g/mol. The van der Waals surface area contributed by atoms with Gasteiger partial charge in [0.25, 0.3) is 0 Å². The molecule has 1 aliphatic heterocycles. The number of rotatable bonds is 4. The van der Waals surface area contributed by atoms with Crippen LogP contribution in [0.3, 0.4) is 0 Å². The fraction of sp³-hybridized carbons (Fsp3) is 0.462. The van der Waals surface area contributed by atoms with Crippen LogP contribution in [0.1, 0.15) is 29.3 Å². The van der Waals surface area contributed by atoms with Crippen molar-refractivity contribution in [2.75, 3.05) is 13.2 Å². The first kappa shape index (κ1) is 15.0. The predicted molar refractivity (Wildman–Crippen MR) is 71.8 cm³/mol. The number of aryl methyl sites for hydroxylation is 1. The van der Waals surface area contributed by atoms with E-state index in [9.17, 15) is 13.2 Å². The van der Waals surface area contributed by atoms with Crippen molar-refractivity contribution in [3.8, 4) is 0 Å². The van der Waals surface area contributed by atoms with Gasteiger partial charge in [-0.05, 0) is 24.1 Å². The maximum atomic E-state index is 12.0. The molecule has 1 unspecified atom stereocenters. The Morgan fingerprint density at radius 2 is 2.25 bits per heavy atom. The van der Waals surface area contributed by atoms with Crippen LogP contribution in [-0.4, -0.2) is 33.7 Å². The quantitative estimate of drug-likeness (QED) is 0.831. The molecule has 1 fully saturated rings. The molecule has 20 heavy (non-hydrogen) atoms. The SMILES string of the molecule is CCc1ccc(C(=O)OC2CCOC2)cc1S(N)(=O)=O. The maximum absolute atomic E-state index is 12.0. The monoisotopic (exact) mass is 299 g/mol. The Bertz CT molecular complexity index is 605. The third-order valence-corrected chi connectivity index (χ3v) is 4.14. The number of hydrogen-bond acceptors (Lipinski definition) is 5. The molecule has 7 heteroatoms. The topological polar surface area (TPSA) is 95.7 Å². The highest BCUT2D eigenvalue weighted by Crippen LogP contribution is 2.19. The fourth-order valence-electron chi connectivity index (χ4n) is 2.06. The highest BCUT2D eigenvalue weighted by Gasteiger charge is 2.22. The van der Waals surface area contributed by atoms with Gasteiger partial charge in [0, 0.05) is 6.42 Å². The number of carbonyl (C=O) groups is 1. The van der Waals surface area contributed by atoms with Crippen LogP contribution in [0.4, 0.5) is 0 Å². The molecule has 110 valence electrons. The molecular formula is C13H17NO5S. The molecule has 0 radical (unpaired) electrons. The lowest BCUT2D eigenvalue weighted by Gasteiger charge is -2.12. The van der Waals surface area contributed by atoms with Crippen molar-refractivity contribution < 1.29 is 22.7 Å². The minimum Gasteiger partial charge on any atom is -0.456 e. The van der Waals surface area contributed by atoms with E-state index in [1.165, 1.54) is 6.07 Å². The number of ether oxygens (including phenoxy) is 2. The van der Waals surface area contributed by atoms with E-state index in [0.717, 1.165) is 0 Å². The molecule has 0 saturated carbocycles. The van der Waals surface area contributed by atoms with Crippen molar-refractivity contribution in [1.82, 2.24) is 0 Å². The summed E-state index contributed by atoms with van der Waals surface area (Å²) in [4.78, 5) is 11.9. The molecule has 1 heterocycles. The van der Waals surface area contributed by atoms with Gasteiger partial charge in [-0.15, -0.1) is 0 Å². The second-order valence-corrected chi connectivity index (χ2v) is 6.14. The molecule has 1 aliphatic rings. The van der Waals surface area contributed by atoms with E-state index < -0.39 is 16.0 Å². The number of benzene rings is 1. The van der Waals surface area contributed by atoms with Gasteiger partial charge in [0.1, 0.15) is 6.10 Å². The molecule has 1 aromatic rings. The fourth-order valence-corrected chi connectivity index (χ4v) is 2.93. The van der Waals surface area contributed by atoms with E-state index in [2.05, 4.69) is 0 Å². The first-order valence-electron chi connectivity index (χ1n) is 6.36. The Kier molecular flexibility index (Phi) is 4.42. The van der Waals surface area contributed by atoms with Crippen molar-refractivity contribution in [2.24, 2.45) is 5.14 Å². The number of sulfonamides is 1. The van der Waals surface area contributed by atoms with Crippen LogP contribution in [-0.2, 0) is 25.9 Å². The van der Waals surface area contributed by atoms with Crippen molar-refractivity contribution in [1.29, 1.82) is 0 Å². The van der Waals surface area contributed by atoms with Crippen LogP contribution in [0, 0.1) is 0 Å². The Balaban J connectivity index is 2.26. The first-order chi connectivity index (χ1) is 9.41. The molecule has 2 N–H and O–H groups in total. The van der Waals surface area contributed by atoms with E-state index in [1.807, 2.05) is 6.92 Å². The van der Waals surface area contributed by atoms with Gasteiger partial charge in [0.15, 0.2) is 0 Å². The zero-order chi connectivity index (χ0) is 14.8. The lowest BCUT2D eigenvalue weighted by molar-refractivity contribution is 0.0270. The normalized spacial score (nSPS) is 19.0. The number of esters is 1. The zero-order valence-electron chi connectivity index (χ0n) is 11.2. The third-order valence-electron chi connectivity index (χ3n) is 3.15. The zero-order valence-corrected chi connectivity index (χ0v) is 12.0. The molecule has 2 rings (SSSR count). The molecule has 0 aliphatic carbocycles. The van der Waals surface area contributed by atoms with Crippen LogP contribution in [0.5, 0.6) is 0 Å². The summed E-state index contributed by atoms with van der Waals surface area (Å²) in [6.07, 6.45) is 0.893. The maximum Gasteiger partial charge on any atom is 0.338 e. The molecule has 0 spiro atoms. The van der Waals surface area contributed by atoms with E-state index in [4.69, 9.17) is 14.6 Å². The standard InChI is InChI=1S/C13H17NO5S/c1-2-9-3-4-10(7-12(9)20(14,16)17)13(15)19-11-5-6-18-8-11/h3-4,7,11H,2,5-6,8H2,1H3,(H2,14,16,17). The van der Waals surface area contributed by atoms with Gasteiger partial charge in [0.2, 0.25) is 10.0 Å². The van der Waals surface area contributed by atoms with E-state index >= 15 is 0 Å². The van der Waals surface area contributed by atoms with Gasteiger partial charge in [0.05, 0.1) is 23.7 Å². The van der Waals surface area contributed by atoms with E-state index in [0.29, 0.717) is 31.6 Å². The van der Waals surface area contributed by atoms with Gasteiger partial charge in [-0.2, -0.15) is 0 Å². The average molecular weight is 299 g/mol. The van der Waals surface area contributed by atoms with Gasteiger partial charge < -0.3 is 9.47 Å². The minimum absolute atomic E-state index is 0.0304. The molecule has 1 aromatic carbocycles. The summed E-state index contributed by atoms with van der Waals surface area (Å²) in [5, 5.41) is 5.17. The second kappa shape index (κ2) is 5.90. The van der Waals surface area contributed by atoms with Crippen LogP contribution >= 0.6 is 0 Å². The van der Waals surface area contributed by atoms with E-state index in [1.54, 1.807) is 12.1 Å². The second-order valence-electron chi connectivity index (χ2n) is 4.61. The number of carbonyl (C=O) groups excluding carboxylic acids is 1. The Morgan fingerprint density at radius 1 is 1.50 bits per heavy atom. The third kappa shape index (κ3) is 3.36. The number of nitrogens with two attached hydrogens (primary N) is 1. The first-order valence-corrected chi connectivity index (χ1v) is 7.91. The average Bonchev–Trinajstić information content (AvgIpc) is 2.89. The molecule has 6 nitrogen and oxygen atoms in total. The van der Waals surface area contributed by atoms with Crippen molar-refractivity contribution in [2.45, 2.75) is 30.8 Å². The predicted octanol–water partition coefficient (Wildman–Crippen LogP) is 0.842. The van der Waals surface area contributed by atoms with Crippen molar-refractivity contribution >= 4 is 16.0 Å². The lowest BCUT2D eigenvalue weighted by Crippen LogP contribution is -2.19. The smallest absolute Gasteiger partial charge is 0.338 e. The van der Waals surface area contributed by atoms with Gasteiger partial charge in [-0.3, -0.25) is 0 Å². The van der Waals surface area contributed by atoms with E-state index in [-0.39, 0.29) is 16.6 Å². The number of primary sulfonamides is 1. The van der Waals surface area contributed by atoms with Crippen molar-refractivity contribution in [3.63, 3.8) is 0 Å². The molecule has 0 aromatic heterocycles. The molecule has 0 bridgehead atoms. The molecule has 1 atom stereocenters. The molecule has 0 amide bonds. The summed E-state index contributed by atoms with van der Waals surface area (Å²) in [5.74, 6) is -0.562. The Hall–Kier alpha value is -1.44. The number of hydrogen-bond donors (Lipinski definition) is 1. The largest absolute Gasteiger partial charge is 0.456 e. The van der Waals surface area contributed by atoms with Crippen LogP contribution in [0.2, 0.25) is 0 Å². The Labute approximate surface area is 117 Å². The summed E-state index contributed by atoms with van der Waals surface area (Å²) in [5.41, 5.74) is 0.756. The van der Waals surface area contributed by atoms with Gasteiger partial charge >= 0.3 is 5.97 Å². The summed E-state index contributed by atoms with van der Waals surface area (Å²) < 4.78 is 33.4. The van der Waals surface area contributed by atoms with Crippen molar-refractivity contribution in [3.05, 3.63) is 29.3 Å². The summed E-state index contributed by atoms with van der Waals surface area (Å²) in [7, 11) is -3.86. The molecule has 1 saturated heterocycles. The van der Waals surface area contributed by atoms with Crippen LogP contribution in [0.15, 0.2) is 23.1 Å². The van der Waals surface area contributed by atoms with Crippen LogP contribution in [0.25, 0.3) is 0 Å². The Morgan fingerprint density at radius 3 is 2.80 bits per heavy atom. The highest BCUT2D eigenvalue weighted by atomic mass is 32.2. The highest BCUT2D eigenvalue weighted by molar-refractivity contribution is 7.89. The summed E-state index contributed by atoms with van der Waals surface area (Å²) >= 11 is 0. The van der Waals surface area contributed by atoms with Gasteiger partial charge in [-0.25, -0.2) is 18.4 Å². The summed E-state index contributed by atoms with van der Waals surface area (Å²) in [6, 6.07) is 4.40.